The Morgan fingerprint density at radius 3 is 2.18 bits per heavy atom. The monoisotopic (exact) mass is 154 g/mol. The molecule has 62 valence electrons. The third kappa shape index (κ3) is 7.66. The molecule has 0 atom stereocenters. The summed E-state index contributed by atoms with van der Waals surface area (Å²) in [6, 6.07) is 0. The Hall–Kier alpha value is -0.240. The predicted octanol–water partition coefficient (Wildman–Crippen LogP) is 1.15. The van der Waals surface area contributed by atoms with Crippen molar-refractivity contribution in [2.45, 2.75) is 39.6 Å². The van der Waals surface area contributed by atoms with E-state index in [0.717, 1.165) is 0 Å². The fraction of sp³-hybridized carbons (Fsp3) is 0.857. The quantitative estimate of drug-likeness (QED) is 0.555. The summed E-state index contributed by atoms with van der Waals surface area (Å²) in [7, 11) is 0.905. The molecule has 0 aliphatic heterocycles. The van der Waals surface area contributed by atoms with Gasteiger partial charge in [0.25, 0.3) is 0 Å². The van der Waals surface area contributed by atoms with Gasteiger partial charge >= 0.3 is 7.48 Å². The topological polar surface area (TPSA) is 26.3 Å². The van der Waals surface area contributed by atoms with Crippen LogP contribution < -0.4 is 0 Å². The zero-order valence-corrected chi connectivity index (χ0v) is 7.89. The van der Waals surface area contributed by atoms with Crippen molar-refractivity contribution in [2.75, 3.05) is 0 Å². The van der Waals surface area contributed by atoms with Gasteiger partial charge in [-0.1, -0.05) is 19.7 Å². The lowest BCUT2D eigenvalue weighted by Gasteiger charge is -2.05. The van der Waals surface area contributed by atoms with Crippen LogP contribution in [0.15, 0.2) is 0 Å². The van der Waals surface area contributed by atoms with Crippen LogP contribution in [-0.2, 0) is 4.65 Å². The molecule has 0 aliphatic carbocycles. The molecule has 0 spiro atoms. The van der Waals surface area contributed by atoms with Crippen LogP contribution in [0.25, 0.3) is 0 Å². The molecule has 0 radical (unpaired) electrons. The van der Waals surface area contributed by atoms with Gasteiger partial charge in [0.15, 0.2) is 7.28 Å². The maximum absolute atomic E-state index is 11.0. The molecule has 0 fully saturated rings. The van der Waals surface area contributed by atoms with Crippen molar-refractivity contribution in [3.8, 4) is 0 Å². The molecule has 0 aromatic heterocycles. The minimum absolute atomic E-state index is 0.158. The summed E-state index contributed by atoms with van der Waals surface area (Å²) < 4.78 is 5.15. The van der Waals surface area contributed by atoms with Crippen LogP contribution in [-0.4, -0.2) is 26.4 Å². The Bertz CT molecular complexity index is 124. The van der Waals surface area contributed by atoms with Gasteiger partial charge in [0, 0.05) is 6.10 Å². The Balaban J connectivity index is 3.38. The number of hydrogen-bond donors (Lipinski definition) is 0. The van der Waals surface area contributed by atoms with Gasteiger partial charge in [0.05, 0.1) is 5.58 Å². The first-order chi connectivity index (χ1) is 5.02. The van der Waals surface area contributed by atoms with Crippen molar-refractivity contribution < 1.29 is 9.45 Å². The van der Waals surface area contributed by atoms with E-state index in [0.29, 0.717) is 13.1 Å². The fourth-order valence-corrected chi connectivity index (χ4v) is 0.774. The standard InChI is InChI=1S/C7H16B2O2/c1-5(2)8-7(10)9-11-6(3)4/h5-6,8-9H,1-4H3. The van der Waals surface area contributed by atoms with Crippen molar-refractivity contribution >= 4 is 20.3 Å². The highest BCUT2D eigenvalue weighted by molar-refractivity contribution is 7.01. The van der Waals surface area contributed by atoms with E-state index < -0.39 is 0 Å². The molecule has 0 aromatic carbocycles. The number of carbonyl (C=O) groups is 1. The number of rotatable bonds is 5. The van der Waals surface area contributed by atoms with Gasteiger partial charge < -0.3 is 9.45 Å². The van der Waals surface area contributed by atoms with E-state index in [9.17, 15) is 4.79 Å². The van der Waals surface area contributed by atoms with Crippen molar-refractivity contribution in [3.63, 3.8) is 0 Å². The van der Waals surface area contributed by atoms with Crippen molar-refractivity contribution in [1.82, 2.24) is 0 Å². The maximum atomic E-state index is 11.0. The minimum atomic E-state index is 0.158. The van der Waals surface area contributed by atoms with E-state index in [4.69, 9.17) is 4.65 Å². The third-order valence-electron chi connectivity index (χ3n) is 1.21. The molecule has 2 nitrogen and oxygen atoms in total. The molecule has 0 N–H and O–H groups in total. The van der Waals surface area contributed by atoms with Crippen LogP contribution >= 0.6 is 0 Å². The van der Waals surface area contributed by atoms with Gasteiger partial charge in [-0.3, -0.25) is 0 Å². The molecule has 0 unspecified atom stereocenters. The lowest BCUT2D eigenvalue weighted by atomic mass is 9.54. The summed E-state index contributed by atoms with van der Waals surface area (Å²) in [5.74, 6) is 0.443. The molecule has 0 aromatic rings. The number of hydrogen-bond acceptors (Lipinski definition) is 2. The second kappa shape index (κ2) is 5.42. The van der Waals surface area contributed by atoms with Crippen LogP contribution in [0, 0.1) is 0 Å². The maximum Gasteiger partial charge on any atom is 0.337 e. The van der Waals surface area contributed by atoms with Crippen LogP contribution in [0.3, 0.4) is 0 Å². The smallest absolute Gasteiger partial charge is 0.337 e. The zero-order chi connectivity index (χ0) is 8.85. The van der Waals surface area contributed by atoms with Crippen LogP contribution in [0.5, 0.6) is 0 Å². The van der Waals surface area contributed by atoms with Crippen LogP contribution in [0.1, 0.15) is 27.7 Å². The Labute approximate surface area is 70.2 Å². The van der Waals surface area contributed by atoms with Gasteiger partial charge in [0.1, 0.15) is 0 Å². The molecule has 11 heavy (non-hydrogen) atoms. The Morgan fingerprint density at radius 2 is 1.82 bits per heavy atom. The molecule has 0 bridgehead atoms. The third-order valence-corrected chi connectivity index (χ3v) is 1.21. The van der Waals surface area contributed by atoms with E-state index in [1.165, 1.54) is 0 Å². The summed E-state index contributed by atoms with van der Waals surface area (Å²) in [6.07, 6.45) is 0.158. The summed E-state index contributed by atoms with van der Waals surface area (Å²) in [6.45, 7) is 7.94. The molecular formula is C7H16B2O2. The van der Waals surface area contributed by atoms with E-state index in [2.05, 4.69) is 0 Å². The van der Waals surface area contributed by atoms with Crippen LogP contribution in [0.2, 0.25) is 5.82 Å². The summed E-state index contributed by atoms with van der Waals surface area (Å²) in [4.78, 5) is 11.0. The SMILES string of the molecule is CC(C)BC(=O)BOC(C)C. The van der Waals surface area contributed by atoms with E-state index in [1.807, 2.05) is 27.7 Å². The average molecular weight is 154 g/mol. The van der Waals surface area contributed by atoms with Gasteiger partial charge in [-0.25, -0.2) is 0 Å². The van der Waals surface area contributed by atoms with E-state index in [-0.39, 0.29) is 19.2 Å². The van der Waals surface area contributed by atoms with Gasteiger partial charge in [0.2, 0.25) is 0 Å². The molecule has 0 rings (SSSR count). The molecule has 0 aliphatic rings. The van der Waals surface area contributed by atoms with Crippen LogP contribution in [0.4, 0.5) is 4.79 Å². The number of carbonyl (C=O) groups excluding carboxylic acids is 1. The fourth-order valence-electron chi connectivity index (χ4n) is 0.774. The molecule has 0 heterocycles. The molecule has 0 saturated carbocycles. The minimum Gasteiger partial charge on any atom is -0.430 e. The first-order valence-corrected chi connectivity index (χ1v) is 4.15. The van der Waals surface area contributed by atoms with Crippen molar-refractivity contribution in [1.29, 1.82) is 0 Å². The van der Waals surface area contributed by atoms with Crippen molar-refractivity contribution in [2.24, 2.45) is 0 Å². The van der Waals surface area contributed by atoms with Crippen molar-refractivity contribution in [3.05, 3.63) is 0 Å². The zero-order valence-electron chi connectivity index (χ0n) is 7.89. The predicted molar refractivity (Wildman–Crippen MR) is 51.0 cm³/mol. The van der Waals surface area contributed by atoms with Gasteiger partial charge in [-0.15, -0.1) is 0 Å². The summed E-state index contributed by atoms with van der Waals surface area (Å²) >= 11 is 0. The summed E-state index contributed by atoms with van der Waals surface area (Å²) in [5.41, 5.74) is 0.202. The highest BCUT2D eigenvalue weighted by atomic mass is 16.4. The first kappa shape index (κ1) is 10.8. The second-order valence-electron chi connectivity index (χ2n) is 3.50. The van der Waals surface area contributed by atoms with Gasteiger partial charge in [-0.2, -0.15) is 0 Å². The highest BCUT2D eigenvalue weighted by Crippen LogP contribution is 1.97. The normalized spacial score (nSPS) is 10.4. The summed E-state index contributed by atoms with van der Waals surface area (Å²) in [5, 5.41) is 0. The van der Waals surface area contributed by atoms with E-state index in [1.54, 1.807) is 0 Å². The largest absolute Gasteiger partial charge is 0.430 e. The average Bonchev–Trinajstić information content (AvgIpc) is 1.82. The lowest BCUT2D eigenvalue weighted by molar-refractivity contribution is 0.244. The first-order valence-electron chi connectivity index (χ1n) is 4.15. The second-order valence-corrected chi connectivity index (χ2v) is 3.50. The van der Waals surface area contributed by atoms with E-state index >= 15 is 0 Å². The van der Waals surface area contributed by atoms with Gasteiger partial charge in [-0.05, 0) is 13.8 Å². The molecule has 0 saturated heterocycles. The Kier molecular flexibility index (Phi) is 5.30. The highest BCUT2D eigenvalue weighted by Gasteiger charge is 2.10. The molecule has 0 amide bonds. The molecular weight excluding hydrogens is 138 g/mol. The molecule has 4 heteroatoms. The Morgan fingerprint density at radius 1 is 1.27 bits per heavy atom. The lowest BCUT2D eigenvalue weighted by Crippen LogP contribution is -2.22.